The Kier molecular flexibility index (Phi) is 4.83. The number of methoxy groups -OCH3 is 1. The number of thiazole rings is 1. The maximum atomic E-state index is 12.7. The van der Waals surface area contributed by atoms with Gasteiger partial charge in [-0.05, 0) is 32.6 Å². The summed E-state index contributed by atoms with van der Waals surface area (Å²) in [6.45, 7) is 6.60. The molecule has 0 radical (unpaired) electrons. The summed E-state index contributed by atoms with van der Waals surface area (Å²) in [6.07, 6.45) is 3.62. The van der Waals surface area contributed by atoms with Crippen molar-refractivity contribution in [1.82, 2.24) is 14.8 Å². The van der Waals surface area contributed by atoms with Crippen molar-refractivity contribution >= 4 is 17.2 Å². The first-order chi connectivity index (χ1) is 12.2. The van der Waals surface area contributed by atoms with Gasteiger partial charge in [0.25, 0.3) is 5.91 Å². The molecule has 4 rings (SSSR count). The van der Waals surface area contributed by atoms with E-state index in [4.69, 9.17) is 9.47 Å². The highest BCUT2D eigenvalue weighted by molar-refractivity contribution is 7.09. The average Bonchev–Trinajstić information content (AvgIpc) is 3.03. The number of hydrogen-bond donors (Lipinski definition) is 0. The van der Waals surface area contributed by atoms with Crippen molar-refractivity contribution < 1.29 is 14.3 Å². The number of aryl methyl sites for hydroxylation is 1. The summed E-state index contributed by atoms with van der Waals surface area (Å²) in [6, 6.07) is 0.343. The molecule has 25 heavy (non-hydrogen) atoms. The van der Waals surface area contributed by atoms with E-state index >= 15 is 0 Å². The number of ether oxygens (including phenoxy) is 2. The third-order valence-electron chi connectivity index (χ3n) is 6.16. The first-order valence-electron chi connectivity index (χ1n) is 9.21. The second-order valence-electron chi connectivity index (χ2n) is 7.41. The van der Waals surface area contributed by atoms with Crippen LogP contribution in [0.3, 0.4) is 0 Å². The van der Waals surface area contributed by atoms with Crippen LogP contribution in [0.25, 0.3) is 0 Å². The van der Waals surface area contributed by atoms with E-state index in [9.17, 15) is 4.79 Å². The highest BCUT2D eigenvalue weighted by atomic mass is 32.1. The Morgan fingerprint density at radius 3 is 2.68 bits per heavy atom. The zero-order chi connectivity index (χ0) is 17.4. The van der Waals surface area contributed by atoms with Crippen molar-refractivity contribution in [2.24, 2.45) is 0 Å². The summed E-state index contributed by atoms with van der Waals surface area (Å²) >= 11 is 1.74. The van der Waals surface area contributed by atoms with E-state index in [1.54, 1.807) is 18.4 Å². The molecule has 3 aliphatic heterocycles. The lowest BCUT2D eigenvalue weighted by Crippen LogP contribution is -2.78. The molecule has 3 aliphatic rings. The maximum absolute atomic E-state index is 12.7. The molecule has 138 valence electrons. The fourth-order valence-corrected chi connectivity index (χ4v) is 5.56. The molecular formula is C18H27N3O3S. The molecule has 0 saturated carbocycles. The van der Waals surface area contributed by atoms with Gasteiger partial charge in [-0.15, -0.1) is 11.3 Å². The molecule has 1 atom stereocenters. The second-order valence-corrected chi connectivity index (χ2v) is 8.35. The lowest BCUT2D eigenvalue weighted by molar-refractivity contribution is -0.214. The fourth-order valence-electron chi connectivity index (χ4n) is 4.74. The summed E-state index contributed by atoms with van der Waals surface area (Å²) in [4.78, 5) is 23.1. The summed E-state index contributed by atoms with van der Waals surface area (Å²) in [7, 11) is 1.66. The van der Waals surface area contributed by atoms with Crippen LogP contribution in [0.15, 0.2) is 5.51 Å². The van der Waals surface area contributed by atoms with Crippen molar-refractivity contribution in [2.75, 3.05) is 33.4 Å². The van der Waals surface area contributed by atoms with E-state index < -0.39 is 0 Å². The molecule has 0 aromatic carbocycles. The van der Waals surface area contributed by atoms with Gasteiger partial charge < -0.3 is 14.4 Å². The number of carbonyl (C=O) groups is 1. The number of likely N-dealkylation sites (tertiary alicyclic amines) is 2. The van der Waals surface area contributed by atoms with E-state index in [1.165, 1.54) is 4.88 Å². The Bertz CT molecular complexity index is 621. The van der Waals surface area contributed by atoms with Crippen molar-refractivity contribution in [3.63, 3.8) is 0 Å². The number of carbonyl (C=O) groups excluding carboxylic acids is 1. The van der Waals surface area contributed by atoms with Crippen LogP contribution in [-0.2, 0) is 20.8 Å². The molecule has 1 spiro atoms. The summed E-state index contributed by atoms with van der Waals surface area (Å²) in [5.41, 5.74) is 2.95. The number of rotatable bonds is 4. The number of amides is 1. The van der Waals surface area contributed by atoms with Gasteiger partial charge in [0.2, 0.25) is 0 Å². The molecule has 1 aromatic heterocycles. The van der Waals surface area contributed by atoms with E-state index in [2.05, 4.69) is 21.7 Å². The Hall–Kier alpha value is -1.02. The van der Waals surface area contributed by atoms with Gasteiger partial charge in [-0.25, -0.2) is 4.98 Å². The van der Waals surface area contributed by atoms with Crippen LogP contribution in [0.4, 0.5) is 0 Å². The smallest absolute Gasteiger partial charge is 0.254 e. The predicted molar refractivity (Wildman–Crippen MR) is 95.6 cm³/mol. The molecule has 1 unspecified atom stereocenters. The molecule has 0 aliphatic carbocycles. The zero-order valence-corrected chi connectivity index (χ0v) is 15.9. The predicted octanol–water partition coefficient (Wildman–Crippen LogP) is 1.82. The zero-order valence-electron chi connectivity index (χ0n) is 15.1. The van der Waals surface area contributed by atoms with Gasteiger partial charge in [-0.2, -0.15) is 0 Å². The number of nitrogens with zero attached hydrogens (tertiary/aromatic N) is 3. The van der Waals surface area contributed by atoms with Gasteiger partial charge in [0.15, 0.2) is 6.10 Å². The first kappa shape index (κ1) is 17.4. The van der Waals surface area contributed by atoms with Gasteiger partial charge in [-0.1, -0.05) is 0 Å². The molecule has 3 saturated heterocycles. The van der Waals surface area contributed by atoms with Crippen LogP contribution >= 0.6 is 11.3 Å². The van der Waals surface area contributed by atoms with Gasteiger partial charge in [-0.3, -0.25) is 9.69 Å². The fraction of sp³-hybridized carbons (Fsp3) is 0.778. The van der Waals surface area contributed by atoms with E-state index in [0.717, 1.165) is 64.2 Å². The van der Waals surface area contributed by atoms with Crippen LogP contribution < -0.4 is 0 Å². The molecule has 6 nitrogen and oxygen atoms in total. The third kappa shape index (κ3) is 2.91. The number of β-lactam (4-membered cyclic amide) rings is 1. The summed E-state index contributed by atoms with van der Waals surface area (Å²) < 4.78 is 11.1. The molecule has 3 fully saturated rings. The number of piperidine rings is 1. The molecule has 4 heterocycles. The Morgan fingerprint density at radius 1 is 1.36 bits per heavy atom. The lowest BCUT2D eigenvalue weighted by atomic mass is 9.72. The Balaban J connectivity index is 1.40. The van der Waals surface area contributed by atoms with Crippen LogP contribution in [-0.4, -0.2) is 71.8 Å². The Morgan fingerprint density at radius 2 is 2.08 bits per heavy atom. The topological polar surface area (TPSA) is 54.9 Å². The van der Waals surface area contributed by atoms with Crippen molar-refractivity contribution in [1.29, 1.82) is 0 Å². The summed E-state index contributed by atoms with van der Waals surface area (Å²) in [5, 5.41) is 0. The van der Waals surface area contributed by atoms with Gasteiger partial charge in [0.1, 0.15) is 0 Å². The molecule has 1 amide bonds. The molecular weight excluding hydrogens is 338 g/mol. The highest BCUT2D eigenvalue weighted by Crippen LogP contribution is 2.45. The third-order valence-corrected chi connectivity index (χ3v) is 7.08. The van der Waals surface area contributed by atoms with Gasteiger partial charge >= 0.3 is 0 Å². The minimum Gasteiger partial charge on any atom is -0.381 e. The minimum atomic E-state index is -0.269. The standard InChI is InChI=1S/C18H27N3O3S/c1-13-15(25-12-19-13)11-20-7-3-14(4-8-20)21-17(22)16(23-2)18(21)5-9-24-10-6-18/h12,14,16H,3-11H2,1-2H3. The monoisotopic (exact) mass is 365 g/mol. The van der Waals surface area contributed by atoms with Gasteiger partial charge in [0, 0.05) is 50.9 Å². The quantitative estimate of drug-likeness (QED) is 0.762. The summed E-state index contributed by atoms with van der Waals surface area (Å²) in [5.74, 6) is 0.182. The highest BCUT2D eigenvalue weighted by Gasteiger charge is 2.62. The normalized spacial score (nSPS) is 27.7. The van der Waals surface area contributed by atoms with Crippen LogP contribution in [0, 0.1) is 6.92 Å². The second kappa shape index (κ2) is 6.95. The van der Waals surface area contributed by atoms with Crippen LogP contribution in [0.5, 0.6) is 0 Å². The van der Waals surface area contributed by atoms with Crippen LogP contribution in [0.2, 0.25) is 0 Å². The maximum Gasteiger partial charge on any atom is 0.254 e. The van der Waals surface area contributed by atoms with Crippen LogP contribution in [0.1, 0.15) is 36.3 Å². The first-order valence-corrected chi connectivity index (χ1v) is 10.1. The molecule has 0 N–H and O–H groups in total. The SMILES string of the molecule is COC1C(=O)N(C2CCN(Cc3scnc3C)CC2)C12CCOCC2. The Labute approximate surface area is 153 Å². The largest absolute Gasteiger partial charge is 0.381 e. The number of aromatic nitrogens is 1. The van der Waals surface area contributed by atoms with E-state index in [0.29, 0.717) is 6.04 Å². The molecule has 0 bridgehead atoms. The van der Waals surface area contributed by atoms with Crippen molar-refractivity contribution in [2.45, 2.75) is 56.8 Å². The molecule has 7 heteroatoms. The molecule has 1 aromatic rings. The minimum absolute atomic E-state index is 0.120. The van der Waals surface area contributed by atoms with Crippen molar-refractivity contribution in [3.05, 3.63) is 16.1 Å². The van der Waals surface area contributed by atoms with Gasteiger partial charge in [0.05, 0.1) is 16.7 Å². The van der Waals surface area contributed by atoms with Crippen molar-refractivity contribution in [3.8, 4) is 0 Å². The average molecular weight is 365 g/mol. The van der Waals surface area contributed by atoms with E-state index in [1.807, 2.05) is 5.51 Å². The number of hydrogen-bond acceptors (Lipinski definition) is 6. The lowest BCUT2D eigenvalue weighted by Gasteiger charge is -2.61. The van der Waals surface area contributed by atoms with E-state index in [-0.39, 0.29) is 17.6 Å².